The molecule has 0 saturated heterocycles. The molecule has 1 N–H and O–H groups in total. The molecule has 23 heavy (non-hydrogen) atoms. The number of ether oxygens (including phenoxy) is 1. The maximum atomic E-state index is 12.4. The van der Waals surface area contributed by atoms with Gasteiger partial charge >= 0.3 is 0 Å². The summed E-state index contributed by atoms with van der Waals surface area (Å²) in [5, 5.41) is 10.7. The van der Waals surface area contributed by atoms with Crippen LogP contribution in [0.15, 0.2) is 59.7 Å². The molecule has 1 aromatic heterocycles. The number of hydrogen-bond donors (Lipinski definition) is 1. The minimum atomic E-state index is -0.795. The molecule has 0 aliphatic heterocycles. The minimum absolute atomic E-state index is 0.114. The Morgan fingerprint density at radius 3 is 2.87 bits per heavy atom. The Bertz CT molecular complexity index is 873. The van der Waals surface area contributed by atoms with E-state index >= 15 is 0 Å². The molecule has 0 fully saturated rings. The van der Waals surface area contributed by atoms with Crippen LogP contribution >= 0.6 is 0 Å². The summed E-state index contributed by atoms with van der Waals surface area (Å²) in [5.74, 6) is 0.702. The summed E-state index contributed by atoms with van der Waals surface area (Å²) in [4.78, 5) is 16.6. The molecule has 0 bridgehead atoms. The summed E-state index contributed by atoms with van der Waals surface area (Å²) < 4.78 is 6.97. The molecule has 5 heteroatoms. The first kappa shape index (κ1) is 15.2. The van der Waals surface area contributed by atoms with Gasteiger partial charge in [0.2, 0.25) is 0 Å². The average molecular weight is 310 g/mol. The van der Waals surface area contributed by atoms with Gasteiger partial charge in [0.25, 0.3) is 5.56 Å². The molecule has 0 radical (unpaired) electrons. The third-order valence-corrected chi connectivity index (χ3v) is 3.57. The third-order valence-electron chi connectivity index (χ3n) is 3.57. The van der Waals surface area contributed by atoms with Gasteiger partial charge in [0, 0.05) is 0 Å². The molecular formula is C18H18N2O3. The zero-order valence-corrected chi connectivity index (χ0v) is 12.8. The van der Waals surface area contributed by atoms with Gasteiger partial charge in [-0.05, 0) is 36.8 Å². The Balaban J connectivity index is 1.69. The highest BCUT2D eigenvalue weighted by molar-refractivity contribution is 5.76. The lowest BCUT2D eigenvalue weighted by atomic mass is 10.2. The maximum Gasteiger partial charge on any atom is 0.261 e. The predicted octanol–water partition coefficient (Wildman–Crippen LogP) is 2.14. The first-order chi connectivity index (χ1) is 11.1. The molecular weight excluding hydrogens is 292 g/mol. The summed E-state index contributed by atoms with van der Waals surface area (Å²) in [7, 11) is 0. The van der Waals surface area contributed by atoms with Gasteiger partial charge in [0.15, 0.2) is 0 Å². The van der Waals surface area contributed by atoms with Crippen LogP contribution in [0.5, 0.6) is 5.75 Å². The van der Waals surface area contributed by atoms with E-state index in [1.54, 1.807) is 18.2 Å². The van der Waals surface area contributed by atoms with Gasteiger partial charge in [-0.2, -0.15) is 0 Å². The van der Waals surface area contributed by atoms with Crippen molar-refractivity contribution in [1.29, 1.82) is 0 Å². The molecule has 1 atom stereocenters. The lowest BCUT2D eigenvalue weighted by Gasteiger charge is -2.14. The van der Waals surface area contributed by atoms with Crippen LogP contribution in [0.2, 0.25) is 0 Å². The summed E-state index contributed by atoms with van der Waals surface area (Å²) in [5.41, 5.74) is 1.58. The number of benzene rings is 2. The Morgan fingerprint density at radius 2 is 2.04 bits per heavy atom. The van der Waals surface area contributed by atoms with Crippen LogP contribution in [-0.4, -0.2) is 27.4 Å². The molecule has 1 unspecified atom stereocenters. The largest absolute Gasteiger partial charge is 0.491 e. The number of aliphatic hydroxyl groups is 1. The van der Waals surface area contributed by atoms with E-state index in [0.717, 1.165) is 5.56 Å². The Kier molecular flexibility index (Phi) is 4.39. The molecule has 0 aliphatic carbocycles. The zero-order chi connectivity index (χ0) is 16.2. The molecule has 2 aromatic carbocycles. The van der Waals surface area contributed by atoms with Crippen molar-refractivity contribution in [2.24, 2.45) is 0 Å². The van der Waals surface area contributed by atoms with Crippen molar-refractivity contribution in [2.45, 2.75) is 19.6 Å². The molecule has 3 rings (SSSR count). The summed E-state index contributed by atoms with van der Waals surface area (Å²) in [6, 6.07) is 14.8. The molecule has 0 aliphatic rings. The molecule has 118 valence electrons. The van der Waals surface area contributed by atoms with E-state index in [9.17, 15) is 9.90 Å². The molecule has 1 heterocycles. The smallest absolute Gasteiger partial charge is 0.261 e. The van der Waals surface area contributed by atoms with Gasteiger partial charge in [0.1, 0.15) is 18.5 Å². The second kappa shape index (κ2) is 6.62. The SMILES string of the molecule is Cc1cccc(OCC(O)Cn2cnc3ccccc3c2=O)c1. The van der Waals surface area contributed by atoms with Gasteiger partial charge in [-0.3, -0.25) is 9.36 Å². The van der Waals surface area contributed by atoms with Gasteiger partial charge < -0.3 is 9.84 Å². The first-order valence-electron chi connectivity index (χ1n) is 7.45. The number of aliphatic hydroxyl groups excluding tert-OH is 1. The van der Waals surface area contributed by atoms with Crippen molar-refractivity contribution in [3.8, 4) is 5.75 Å². The van der Waals surface area contributed by atoms with Crippen LogP contribution in [0, 0.1) is 6.92 Å². The number of rotatable bonds is 5. The Morgan fingerprint density at radius 1 is 1.22 bits per heavy atom. The molecule has 0 saturated carbocycles. The number of hydrogen-bond acceptors (Lipinski definition) is 4. The van der Waals surface area contributed by atoms with E-state index in [0.29, 0.717) is 16.7 Å². The van der Waals surface area contributed by atoms with Crippen molar-refractivity contribution in [1.82, 2.24) is 9.55 Å². The number of aryl methyl sites for hydroxylation is 1. The zero-order valence-electron chi connectivity index (χ0n) is 12.8. The molecule has 5 nitrogen and oxygen atoms in total. The van der Waals surface area contributed by atoms with Crippen molar-refractivity contribution >= 4 is 10.9 Å². The number of para-hydroxylation sites is 1. The highest BCUT2D eigenvalue weighted by atomic mass is 16.5. The van der Waals surface area contributed by atoms with E-state index in [-0.39, 0.29) is 18.7 Å². The van der Waals surface area contributed by atoms with Crippen LogP contribution in [0.3, 0.4) is 0 Å². The van der Waals surface area contributed by atoms with Gasteiger partial charge in [-0.25, -0.2) is 4.98 Å². The first-order valence-corrected chi connectivity index (χ1v) is 7.45. The fourth-order valence-corrected chi connectivity index (χ4v) is 2.41. The van der Waals surface area contributed by atoms with E-state index in [1.165, 1.54) is 10.9 Å². The Hall–Kier alpha value is -2.66. The fourth-order valence-electron chi connectivity index (χ4n) is 2.41. The lowest BCUT2D eigenvalue weighted by molar-refractivity contribution is 0.0914. The van der Waals surface area contributed by atoms with Gasteiger partial charge in [-0.1, -0.05) is 24.3 Å². The maximum absolute atomic E-state index is 12.4. The Labute approximate surface area is 133 Å². The van der Waals surface area contributed by atoms with E-state index in [4.69, 9.17) is 4.74 Å². The summed E-state index contributed by atoms with van der Waals surface area (Å²) >= 11 is 0. The van der Waals surface area contributed by atoms with Crippen molar-refractivity contribution in [3.63, 3.8) is 0 Å². The highest BCUT2D eigenvalue weighted by Crippen LogP contribution is 2.12. The second-order valence-electron chi connectivity index (χ2n) is 5.50. The fraction of sp³-hybridized carbons (Fsp3) is 0.222. The molecule has 3 aromatic rings. The number of nitrogens with zero attached hydrogens (tertiary/aromatic N) is 2. The normalized spacial score (nSPS) is 12.3. The standard InChI is InChI=1S/C18H18N2O3/c1-13-5-4-6-15(9-13)23-11-14(21)10-20-12-19-17-8-3-2-7-16(17)18(20)22/h2-9,12,14,21H,10-11H2,1H3. The van der Waals surface area contributed by atoms with E-state index in [2.05, 4.69) is 4.98 Å². The van der Waals surface area contributed by atoms with Crippen molar-refractivity contribution in [3.05, 3.63) is 70.8 Å². The van der Waals surface area contributed by atoms with E-state index < -0.39 is 6.10 Å². The third kappa shape index (κ3) is 3.57. The van der Waals surface area contributed by atoms with Crippen LogP contribution < -0.4 is 10.3 Å². The number of aromatic nitrogens is 2. The quantitative estimate of drug-likeness (QED) is 0.784. The minimum Gasteiger partial charge on any atom is -0.491 e. The molecule has 0 spiro atoms. The lowest BCUT2D eigenvalue weighted by Crippen LogP contribution is -2.30. The van der Waals surface area contributed by atoms with Crippen LogP contribution in [-0.2, 0) is 6.54 Å². The predicted molar refractivity (Wildman–Crippen MR) is 88.7 cm³/mol. The number of fused-ring (bicyclic) bond motifs is 1. The molecule has 0 amide bonds. The second-order valence-corrected chi connectivity index (χ2v) is 5.50. The van der Waals surface area contributed by atoms with E-state index in [1.807, 2.05) is 37.3 Å². The van der Waals surface area contributed by atoms with Crippen LogP contribution in [0.1, 0.15) is 5.56 Å². The summed E-state index contributed by atoms with van der Waals surface area (Å²) in [6.07, 6.45) is 0.664. The van der Waals surface area contributed by atoms with Gasteiger partial charge in [0.05, 0.1) is 23.8 Å². The monoisotopic (exact) mass is 310 g/mol. The highest BCUT2D eigenvalue weighted by Gasteiger charge is 2.10. The van der Waals surface area contributed by atoms with Gasteiger partial charge in [-0.15, -0.1) is 0 Å². The van der Waals surface area contributed by atoms with Crippen molar-refractivity contribution in [2.75, 3.05) is 6.61 Å². The van der Waals surface area contributed by atoms with Crippen molar-refractivity contribution < 1.29 is 9.84 Å². The van der Waals surface area contributed by atoms with Crippen LogP contribution in [0.4, 0.5) is 0 Å². The summed E-state index contributed by atoms with van der Waals surface area (Å²) in [6.45, 7) is 2.23. The van der Waals surface area contributed by atoms with Crippen LogP contribution in [0.25, 0.3) is 10.9 Å². The topological polar surface area (TPSA) is 64.3 Å². The average Bonchev–Trinajstić information content (AvgIpc) is 2.56.